The number of amides is 3. The van der Waals surface area contributed by atoms with Crippen molar-refractivity contribution < 1.29 is 14.0 Å². The molecule has 1 unspecified atom stereocenters. The molecule has 0 saturated carbocycles. The predicted molar refractivity (Wildman–Crippen MR) is 104 cm³/mol. The van der Waals surface area contributed by atoms with E-state index < -0.39 is 0 Å². The van der Waals surface area contributed by atoms with Crippen LogP contribution in [0.1, 0.15) is 26.2 Å². The lowest BCUT2D eigenvalue weighted by molar-refractivity contribution is -0.117. The summed E-state index contributed by atoms with van der Waals surface area (Å²) in [5, 5.41) is 2.96. The molecule has 1 heterocycles. The highest BCUT2D eigenvalue weighted by atomic mass is 19.1. The Morgan fingerprint density at radius 3 is 2.70 bits per heavy atom. The number of hydrogen-bond donors (Lipinski definition) is 1. The molecule has 1 aliphatic rings. The maximum atomic E-state index is 13.5. The molecule has 2 aromatic carbocycles. The van der Waals surface area contributed by atoms with E-state index in [2.05, 4.69) is 12.2 Å². The first kappa shape index (κ1) is 18.9. The van der Waals surface area contributed by atoms with E-state index in [-0.39, 0.29) is 30.2 Å². The minimum atomic E-state index is -0.386. The monoisotopic (exact) mass is 369 g/mol. The molecule has 1 N–H and O–H groups in total. The number of halogens is 1. The molecule has 2 aromatic rings. The van der Waals surface area contributed by atoms with Crippen molar-refractivity contribution >= 4 is 23.3 Å². The van der Waals surface area contributed by atoms with Gasteiger partial charge >= 0.3 is 6.03 Å². The van der Waals surface area contributed by atoms with Crippen molar-refractivity contribution in [1.82, 2.24) is 5.32 Å². The molecule has 0 bridgehead atoms. The van der Waals surface area contributed by atoms with Crippen LogP contribution in [-0.4, -0.2) is 31.1 Å². The van der Waals surface area contributed by atoms with Gasteiger partial charge in [-0.2, -0.15) is 0 Å². The molecule has 0 spiro atoms. The summed E-state index contributed by atoms with van der Waals surface area (Å²) in [5.41, 5.74) is 1.34. The van der Waals surface area contributed by atoms with Crippen molar-refractivity contribution in [3.05, 3.63) is 60.4 Å². The van der Waals surface area contributed by atoms with E-state index in [0.29, 0.717) is 18.8 Å². The van der Waals surface area contributed by atoms with Gasteiger partial charge in [0.25, 0.3) is 0 Å². The maximum absolute atomic E-state index is 13.5. The molecule has 1 saturated heterocycles. The molecule has 5 nitrogen and oxygen atoms in total. The molecule has 3 amide bonds. The van der Waals surface area contributed by atoms with Gasteiger partial charge in [0.2, 0.25) is 5.91 Å². The summed E-state index contributed by atoms with van der Waals surface area (Å²) in [6.45, 7) is 3.03. The molecule has 6 heteroatoms. The van der Waals surface area contributed by atoms with E-state index in [4.69, 9.17) is 0 Å². The Balaban J connectivity index is 1.68. The number of benzene rings is 2. The van der Waals surface area contributed by atoms with Crippen molar-refractivity contribution in [1.29, 1.82) is 0 Å². The smallest absolute Gasteiger partial charge is 0.322 e. The number of para-hydroxylation sites is 1. The van der Waals surface area contributed by atoms with E-state index in [1.807, 2.05) is 30.3 Å². The average molecular weight is 369 g/mol. The Kier molecular flexibility index (Phi) is 6.06. The van der Waals surface area contributed by atoms with Crippen molar-refractivity contribution in [3.8, 4) is 0 Å². The highest BCUT2D eigenvalue weighted by Gasteiger charge is 2.32. The van der Waals surface area contributed by atoms with Crippen LogP contribution in [0.5, 0.6) is 0 Å². The second-order valence-corrected chi connectivity index (χ2v) is 6.68. The van der Waals surface area contributed by atoms with E-state index in [0.717, 1.165) is 18.5 Å². The summed E-state index contributed by atoms with van der Waals surface area (Å²) in [6.07, 6.45) is 2.08. The summed E-state index contributed by atoms with van der Waals surface area (Å²) >= 11 is 0. The fourth-order valence-corrected chi connectivity index (χ4v) is 3.22. The number of carbonyl (C=O) groups is 2. The number of nitrogens with one attached hydrogen (secondary N) is 1. The minimum absolute atomic E-state index is 0.120. The van der Waals surface area contributed by atoms with Crippen LogP contribution in [0.3, 0.4) is 0 Å². The molecule has 0 radical (unpaired) electrons. The van der Waals surface area contributed by atoms with Gasteiger partial charge in [-0.15, -0.1) is 0 Å². The normalized spacial score (nSPS) is 16.4. The Hall–Kier alpha value is -2.89. The molecule has 1 aliphatic heterocycles. The molecule has 0 aromatic heterocycles. The molecule has 3 rings (SSSR count). The summed E-state index contributed by atoms with van der Waals surface area (Å²) in [5.74, 6) is -0.506. The van der Waals surface area contributed by atoms with Crippen LogP contribution < -0.4 is 15.1 Å². The van der Waals surface area contributed by atoms with Gasteiger partial charge in [-0.25, -0.2) is 9.18 Å². The number of rotatable bonds is 6. The van der Waals surface area contributed by atoms with Gasteiger partial charge in [0.1, 0.15) is 5.82 Å². The zero-order valence-corrected chi connectivity index (χ0v) is 15.4. The molecule has 1 fully saturated rings. The van der Waals surface area contributed by atoms with Crippen LogP contribution in [-0.2, 0) is 4.79 Å². The van der Waals surface area contributed by atoms with Crippen LogP contribution >= 0.6 is 0 Å². The zero-order chi connectivity index (χ0) is 19.2. The average Bonchev–Trinajstić information content (AvgIpc) is 3.03. The van der Waals surface area contributed by atoms with Crippen LogP contribution in [0.25, 0.3) is 0 Å². The molecule has 1 atom stereocenters. The topological polar surface area (TPSA) is 52.7 Å². The third-order valence-electron chi connectivity index (χ3n) is 4.62. The highest BCUT2D eigenvalue weighted by Crippen LogP contribution is 2.23. The largest absolute Gasteiger partial charge is 0.333 e. The summed E-state index contributed by atoms with van der Waals surface area (Å²) in [7, 11) is 0. The number of anilines is 2. The third-order valence-corrected chi connectivity index (χ3v) is 4.62. The number of nitrogens with zero attached hydrogens (tertiary/aromatic N) is 2. The molecule has 142 valence electrons. The van der Waals surface area contributed by atoms with Crippen molar-refractivity contribution in [3.63, 3.8) is 0 Å². The third kappa shape index (κ3) is 4.64. The van der Waals surface area contributed by atoms with Crippen LogP contribution in [0.4, 0.5) is 20.6 Å². The summed E-state index contributed by atoms with van der Waals surface area (Å²) in [6, 6.07) is 14.9. The lowest BCUT2D eigenvalue weighted by Crippen LogP contribution is -2.46. The van der Waals surface area contributed by atoms with E-state index >= 15 is 0 Å². The van der Waals surface area contributed by atoms with Gasteiger partial charge in [0.15, 0.2) is 0 Å². The van der Waals surface area contributed by atoms with E-state index in [9.17, 15) is 14.0 Å². The van der Waals surface area contributed by atoms with Gasteiger partial charge in [-0.1, -0.05) is 37.6 Å². The molecule has 27 heavy (non-hydrogen) atoms. The fraction of sp³-hybridized carbons (Fsp3) is 0.333. The second kappa shape index (κ2) is 8.66. The number of unbranched alkanes of at least 4 members (excludes halogenated alkanes) is 1. The van der Waals surface area contributed by atoms with Crippen molar-refractivity contribution in [2.75, 3.05) is 22.9 Å². The standard InChI is InChI=1S/C21H24FN3O2/c1-2-3-12-24(18-9-5-4-6-10-18)21(27)23-17-14-20(26)25(15-17)19-11-7-8-16(22)13-19/h4-11,13,17H,2-3,12,14-15H2,1H3,(H,23,27). The van der Waals surface area contributed by atoms with Crippen LogP contribution in [0.15, 0.2) is 54.6 Å². The second-order valence-electron chi connectivity index (χ2n) is 6.68. The Bertz CT molecular complexity index is 797. The first-order valence-electron chi connectivity index (χ1n) is 9.27. The van der Waals surface area contributed by atoms with Crippen molar-refractivity contribution in [2.24, 2.45) is 0 Å². The Morgan fingerprint density at radius 1 is 1.22 bits per heavy atom. The van der Waals surface area contributed by atoms with Crippen LogP contribution in [0.2, 0.25) is 0 Å². The first-order chi connectivity index (χ1) is 13.1. The Labute approximate surface area is 158 Å². The summed E-state index contributed by atoms with van der Waals surface area (Å²) < 4.78 is 13.5. The summed E-state index contributed by atoms with van der Waals surface area (Å²) in [4.78, 5) is 28.4. The van der Waals surface area contributed by atoms with Crippen LogP contribution in [0, 0.1) is 5.82 Å². The number of carbonyl (C=O) groups excluding carboxylic acids is 2. The SMILES string of the molecule is CCCCN(C(=O)NC1CC(=O)N(c2cccc(F)c2)C1)c1ccccc1. The lowest BCUT2D eigenvalue weighted by Gasteiger charge is -2.25. The van der Waals surface area contributed by atoms with Gasteiger partial charge in [-0.05, 0) is 36.8 Å². The van der Waals surface area contributed by atoms with Gasteiger partial charge in [-0.3, -0.25) is 9.69 Å². The predicted octanol–water partition coefficient (Wildman–Crippen LogP) is 3.95. The van der Waals surface area contributed by atoms with Gasteiger partial charge in [0.05, 0.1) is 6.04 Å². The van der Waals surface area contributed by atoms with E-state index in [1.54, 1.807) is 17.0 Å². The van der Waals surface area contributed by atoms with Crippen molar-refractivity contribution in [2.45, 2.75) is 32.2 Å². The lowest BCUT2D eigenvalue weighted by atomic mass is 10.2. The number of hydrogen-bond acceptors (Lipinski definition) is 2. The molecular formula is C21H24FN3O2. The fourth-order valence-electron chi connectivity index (χ4n) is 3.22. The van der Waals surface area contributed by atoms with Gasteiger partial charge < -0.3 is 10.2 Å². The zero-order valence-electron chi connectivity index (χ0n) is 15.4. The van der Waals surface area contributed by atoms with Gasteiger partial charge in [0, 0.05) is 30.9 Å². The minimum Gasteiger partial charge on any atom is -0.333 e. The quantitative estimate of drug-likeness (QED) is 0.838. The Morgan fingerprint density at radius 2 is 2.00 bits per heavy atom. The number of urea groups is 1. The van der Waals surface area contributed by atoms with E-state index in [1.165, 1.54) is 17.0 Å². The molecular weight excluding hydrogens is 345 g/mol. The highest BCUT2D eigenvalue weighted by molar-refractivity contribution is 5.98. The first-order valence-corrected chi connectivity index (χ1v) is 9.27. The molecule has 0 aliphatic carbocycles. The maximum Gasteiger partial charge on any atom is 0.322 e.